The molecule has 15 heavy (non-hydrogen) atoms. The molecule has 2 saturated heterocycles. The Morgan fingerprint density at radius 3 is 2.73 bits per heavy atom. The molecule has 2 aliphatic heterocycles. The summed E-state index contributed by atoms with van der Waals surface area (Å²) in [5.74, 6) is 1.91. The van der Waals surface area contributed by atoms with Crippen LogP contribution in [-0.4, -0.2) is 36.6 Å². The third-order valence-corrected chi connectivity index (χ3v) is 4.96. The molecule has 1 saturated carbocycles. The standard InChI is InChI=1S/C13H24N2/c1-10-4-2-6-12(10)15-7-3-5-11-8-14-9-13(11)15/h10-14H,2-9H2,1H3. The van der Waals surface area contributed by atoms with Crippen molar-refractivity contribution in [3.63, 3.8) is 0 Å². The van der Waals surface area contributed by atoms with Crippen LogP contribution in [0.5, 0.6) is 0 Å². The van der Waals surface area contributed by atoms with Crippen LogP contribution in [0.4, 0.5) is 0 Å². The lowest BCUT2D eigenvalue weighted by molar-refractivity contribution is 0.0619. The van der Waals surface area contributed by atoms with Crippen LogP contribution in [0.25, 0.3) is 0 Å². The van der Waals surface area contributed by atoms with Gasteiger partial charge in [0, 0.05) is 18.6 Å². The van der Waals surface area contributed by atoms with E-state index < -0.39 is 0 Å². The van der Waals surface area contributed by atoms with E-state index in [0.29, 0.717) is 0 Å². The molecular weight excluding hydrogens is 184 g/mol. The minimum absolute atomic E-state index is 0.879. The van der Waals surface area contributed by atoms with Crippen LogP contribution in [-0.2, 0) is 0 Å². The van der Waals surface area contributed by atoms with Crippen molar-refractivity contribution in [2.45, 2.75) is 51.1 Å². The Labute approximate surface area is 93.4 Å². The molecule has 3 aliphatic rings. The van der Waals surface area contributed by atoms with Gasteiger partial charge in [-0.15, -0.1) is 0 Å². The number of piperidine rings is 1. The molecule has 4 unspecified atom stereocenters. The Morgan fingerprint density at radius 1 is 1.00 bits per heavy atom. The van der Waals surface area contributed by atoms with Crippen molar-refractivity contribution in [1.29, 1.82) is 0 Å². The largest absolute Gasteiger partial charge is 0.315 e. The molecule has 0 bridgehead atoms. The maximum absolute atomic E-state index is 3.59. The van der Waals surface area contributed by atoms with Gasteiger partial charge in [0.05, 0.1) is 0 Å². The van der Waals surface area contributed by atoms with Crippen LogP contribution in [0.15, 0.2) is 0 Å². The smallest absolute Gasteiger partial charge is 0.0264 e. The first-order chi connectivity index (χ1) is 7.36. The second kappa shape index (κ2) is 4.06. The molecule has 0 aromatic rings. The normalized spacial score (nSPS) is 47.0. The van der Waals surface area contributed by atoms with Gasteiger partial charge in [-0.3, -0.25) is 4.90 Å². The lowest BCUT2D eigenvalue weighted by Gasteiger charge is -2.42. The fraction of sp³-hybridized carbons (Fsp3) is 1.00. The first-order valence-corrected chi connectivity index (χ1v) is 6.82. The van der Waals surface area contributed by atoms with E-state index in [1.54, 1.807) is 0 Å². The van der Waals surface area contributed by atoms with Gasteiger partial charge in [-0.1, -0.05) is 13.3 Å². The first kappa shape index (κ1) is 10.1. The minimum atomic E-state index is 0.879. The second-order valence-corrected chi connectivity index (χ2v) is 5.84. The van der Waals surface area contributed by atoms with Crippen molar-refractivity contribution in [2.75, 3.05) is 19.6 Å². The van der Waals surface area contributed by atoms with Crippen LogP contribution in [0, 0.1) is 11.8 Å². The molecule has 1 aliphatic carbocycles. The summed E-state index contributed by atoms with van der Waals surface area (Å²) in [6.07, 6.45) is 7.30. The summed E-state index contributed by atoms with van der Waals surface area (Å²) in [4.78, 5) is 2.87. The highest BCUT2D eigenvalue weighted by molar-refractivity contribution is 4.96. The lowest BCUT2D eigenvalue weighted by Crippen LogP contribution is -2.51. The molecule has 3 fully saturated rings. The van der Waals surface area contributed by atoms with E-state index in [2.05, 4.69) is 17.1 Å². The molecule has 0 radical (unpaired) electrons. The third kappa shape index (κ3) is 1.72. The van der Waals surface area contributed by atoms with Gasteiger partial charge in [0.15, 0.2) is 0 Å². The average molecular weight is 208 g/mol. The van der Waals surface area contributed by atoms with E-state index in [9.17, 15) is 0 Å². The molecule has 1 N–H and O–H groups in total. The Kier molecular flexibility index (Phi) is 2.73. The van der Waals surface area contributed by atoms with Crippen molar-refractivity contribution in [3.8, 4) is 0 Å². The zero-order valence-corrected chi connectivity index (χ0v) is 9.91. The highest BCUT2D eigenvalue weighted by Crippen LogP contribution is 2.36. The summed E-state index contributed by atoms with van der Waals surface area (Å²) in [6.45, 7) is 6.37. The number of likely N-dealkylation sites (tertiary alicyclic amines) is 1. The van der Waals surface area contributed by atoms with Crippen LogP contribution in [0.1, 0.15) is 39.0 Å². The predicted molar refractivity (Wildman–Crippen MR) is 62.9 cm³/mol. The molecule has 3 rings (SSSR count). The number of hydrogen-bond acceptors (Lipinski definition) is 2. The average Bonchev–Trinajstić information content (AvgIpc) is 2.85. The molecule has 0 aromatic carbocycles. The van der Waals surface area contributed by atoms with Crippen LogP contribution < -0.4 is 5.32 Å². The summed E-state index contributed by atoms with van der Waals surface area (Å²) in [6, 6.07) is 1.79. The quantitative estimate of drug-likeness (QED) is 0.707. The summed E-state index contributed by atoms with van der Waals surface area (Å²) < 4.78 is 0. The van der Waals surface area contributed by atoms with Gasteiger partial charge in [-0.05, 0) is 50.6 Å². The van der Waals surface area contributed by atoms with Crippen molar-refractivity contribution in [2.24, 2.45) is 11.8 Å². The number of rotatable bonds is 1. The molecule has 4 atom stereocenters. The fourth-order valence-electron chi connectivity index (χ4n) is 4.13. The van der Waals surface area contributed by atoms with Gasteiger partial charge in [-0.25, -0.2) is 0 Å². The van der Waals surface area contributed by atoms with E-state index in [0.717, 1.165) is 23.9 Å². The van der Waals surface area contributed by atoms with Crippen molar-refractivity contribution in [1.82, 2.24) is 10.2 Å². The van der Waals surface area contributed by atoms with Gasteiger partial charge < -0.3 is 5.32 Å². The Hall–Kier alpha value is -0.0800. The first-order valence-electron chi connectivity index (χ1n) is 6.82. The number of nitrogens with one attached hydrogen (secondary N) is 1. The summed E-state index contributed by atoms with van der Waals surface area (Å²) in [5, 5.41) is 3.59. The van der Waals surface area contributed by atoms with E-state index in [1.807, 2.05) is 0 Å². The molecule has 0 aromatic heterocycles. The molecule has 0 amide bonds. The monoisotopic (exact) mass is 208 g/mol. The maximum atomic E-state index is 3.59. The third-order valence-electron chi connectivity index (χ3n) is 4.96. The zero-order chi connectivity index (χ0) is 10.3. The molecule has 2 nitrogen and oxygen atoms in total. The van der Waals surface area contributed by atoms with E-state index in [1.165, 1.54) is 51.7 Å². The van der Waals surface area contributed by atoms with Crippen molar-refractivity contribution in [3.05, 3.63) is 0 Å². The summed E-state index contributed by atoms with van der Waals surface area (Å²) in [7, 11) is 0. The number of nitrogens with zero attached hydrogens (tertiary/aromatic N) is 1. The summed E-state index contributed by atoms with van der Waals surface area (Å²) >= 11 is 0. The predicted octanol–water partition coefficient (Wildman–Crippen LogP) is 1.86. The molecule has 2 heterocycles. The lowest BCUT2D eigenvalue weighted by atomic mass is 9.89. The van der Waals surface area contributed by atoms with E-state index >= 15 is 0 Å². The Balaban J connectivity index is 1.73. The molecule has 86 valence electrons. The van der Waals surface area contributed by atoms with Crippen molar-refractivity contribution < 1.29 is 0 Å². The van der Waals surface area contributed by atoms with Gasteiger partial charge in [0.25, 0.3) is 0 Å². The van der Waals surface area contributed by atoms with Crippen LogP contribution in [0.2, 0.25) is 0 Å². The van der Waals surface area contributed by atoms with E-state index in [4.69, 9.17) is 0 Å². The fourth-order valence-corrected chi connectivity index (χ4v) is 4.13. The van der Waals surface area contributed by atoms with Crippen LogP contribution >= 0.6 is 0 Å². The topological polar surface area (TPSA) is 15.3 Å². The van der Waals surface area contributed by atoms with Gasteiger partial charge in [-0.2, -0.15) is 0 Å². The van der Waals surface area contributed by atoms with Gasteiger partial charge in [0.1, 0.15) is 0 Å². The summed E-state index contributed by atoms with van der Waals surface area (Å²) in [5.41, 5.74) is 0. The van der Waals surface area contributed by atoms with Crippen molar-refractivity contribution >= 4 is 0 Å². The second-order valence-electron chi connectivity index (χ2n) is 5.84. The van der Waals surface area contributed by atoms with E-state index in [-0.39, 0.29) is 0 Å². The maximum Gasteiger partial charge on any atom is 0.0264 e. The minimum Gasteiger partial charge on any atom is -0.315 e. The Bertz CT molecular complexity index is 225. The number of hydrogen-bond donors (Lipinski definition) is 1. The zero-order valence-electron chi connectivity index (χ0n) is 9.91. The highest BCUT2D eigenvalue weighted by Gasteiger charge is 2.40. The highest BCUT2D eigenvalue weighted by atomic mass is 15.2. The molecular formula is C13H24N2. The Morgan fingerprint density at radius 2 is 1.93 bits per heavy atom. The SMILES string of the molecule is CC1CCCC1N1CCCC2CNCC21. The molecule has 2 heteroatoms. The van der Waals surface area contributed by atoms with Crippen LogP contribution in [0.3, 0.4) is 0 Å². The van der Waals surface area contributed by atoms with Gasteiger partial charge >= 0.3 is 0 Å². The van der Waals surface area contributed by atoms with Gasteiger partial charge in [0.2, 0.25) is 0 Å². The number of fused-ring (bicyclic) bond motifs is 1. The molecule has 0 spiro atoms.